The van der Waals surface area contributed by atoms with Gasteiger partial charge in [-0.1, -0.05) is 22.5 Å². The molecule has 0 saturated heterocycles. The minimum absolute atomic E-state index is 0.0832. The molecule has 0 fully saturated rings. The fourth-order valence-electron chi connectivity index (χ4n) is 1.80. The zero-order valence-corrected chi connectivity index (χ0v) is 14.7. The van der Waals surface area contributed by atoms with E-state index in [2.05, 4.69) is 22.5 Å². The Labute approximate surface area is 141 Å². The monoisotopic (exact) mass is 390 g/mol. The number of carbonyl (C=O) groups is 1. The fraction of sp³-hybridized carbons (Fsp3) is 0.312. The second kappa shape index (κ2) is 7.31. The summed E-state index contributed by atoms with van der Waals surface area (Å²) < 4.78 is 41.4. The highest BCUT2D eigenvalue weighted by Gasteiger charge is 2.26. The first kappa shape index (κ1) is 19.4. The molecule has 0 saturated carbocycles. The van der Waals surface area contributed by atoms with Gasteiger partial charge in [0.2, 0.25) is 5.91 Å². The smallest absolute Gasteiger partial charge is 0.266 e. The van der Waals surface area contributed by atoms with Crippen molar-refractivity contribution < 1.29 is 18.0 Å². The number of allylic oxidation sites excluding steroid dienone is 2. The molecule has 0 heterocycles. The molecule has 0 aromatic heterocycles. The van der Waals surface area contributed by atoms with E-state index in [-0.39, 0.29) is 17.0 Å². The molecule has 0 aliphatic carbocycles. The van der Waals surface area contributed by atoms with Crippen molar-refractivity contribution in [2.75, 3.05) is 11.4 Å². The maximum atomic E-state index is 14.2. The Bertz CT molecular complexity index is 666. The average Bonchev–Trinajstić information content (AvgIpc) is 2.43. The van der Waals surface area contributed by atoms with E-state index in [9.17, 15) is 18.0 Å². The van der Waals surface area contributed by atoms with Crippen molar-refractivity contribution in [2.24, 2.45) is 5.73 Å². The molecular formula is C16H18BrF3N2O. The molecule has 0 atom stereocenters. The first-order valence-electron chi connectivity index (χ1n) is 6.73. The van der Waals surface area contributed by atoms with Gasteiger partial charge in [0, 0.05) is 17.1 Å². The van der Waals surface area contributed by atoms with Gasteiger partial charge in [0.05, 0.1) is 12.2 Å². The van der Waals surface area contributed by atoms with Gasteiger partial charge < -0.3 is 5.73 Å². The van der Waals surface area contributed by atoms with E-state index < -0.39 is 24.2 Å². The molecule has 0 spiro atoms. The second-order valence-electron chi connectivity index (χ2n) is 5.19. The minimum atomic E-state index is -3.07. The number of hydrogen-bond acceptors (Lipinski definition) is 2. The van der Waals surface area contributed by atoms with E-state index >= 15 is 0 Å². The van der Waals surface area contributed by atoms with Gasteiger partial charge in [-0.3, -0.25) is 9.69 Å². The molecule has 0 aliphatic heterocycles. The lowest BCUT2D eigenvalue weighted by Gasteiger charge is -2.25. The summed E-state index contributed by atoms with van der Waals surface area (Å²) in [5.41, 5.74) is 5.55. The number of rotatable bonds is 5. The molecule has 0 bridgehead atoms. The summed E-state index contributed by atoms with van der Waals surface area (Å²) >= 11 is 3.19. The van der Waals surface area contributed by atoms with Crippen LogP contribution in [0.5, 0.6) is 0 Å². The van der Waals surface area contributed by atoms with Crippen LogP contribution in [-0.4, -0.2) is 18.4 Å². The molecule has 1 amide bonds. The molecule has 1 aromatic carbocycles. The van der Waals surface area contributed by atoms with Gasteiger partial charge in [-0.15, -0.1) is 0 Å². The van der Waals surface area contributed by atoms with E-state index in [1.54, 1.807) is 6.92 Å². The van der Waals surface area contributed by atoms with Crippen molar-refractivity contribution in [3.8, 4) is 0 Å². The summed E-state index contributed by atoms with van der Waals surface area (Å²) in [5.74, 6) is -4.42. The summed E-state index contributed by atoms with van der Waals surface area (Å²) in [7, 11) is 0. The van der Waals surface area contributed by atoms with Crippen LogP contribution in [0.25, 0.3) is 0 Å². The molecule has 2 N–H and O–H groups in total. The number of aryl methyl sites for hydroxylation is 1. The molecule has 7 heteroatoms. The maximum absolute atomic E-state index is 14.2. The highest BCUT2D eigenvalue weighted by atomic mass is 79.9. The van der Waals surface area contributed by atoms with Crippen LogP contribution in [0, 0.1) is 12.7 Å². The summed E-state index contributed by atoms with van der Waals surface area (Å²) in [6, 6.07) is 2.62. The number of nitrogens with zero attached hydrogens (tertiary/aromatic N) is 1. The summed E-state index contributed by atoms with van der Waals surface area (Å²) in [6.07, 6.45) is 1.05. The number of halogens is 4. The molecule has 0 aliphatic rings. The predicted octanol–water partition coefficient (Wildman–Crippen LogP) is 4.30. The lowest BCUT2D eigenvalue weighted by atomic mass is 10.1. The zero-order valence-electron chi connectivity index (χ0n) is 13.1. The molecule has 0 unspecified atom stereocenters. The van der Waals surface area contributed by atoms with Gasteiger partial charge in [0.15, 0.2) is 0 Å². The highest BCUT2D eigenvalue weighted by molar-refractivity contribution is 9.10. The van der Waals surface area contributed by atoms with Crippen molar-refractivity contribution in [3.63, 3.8) is 0 Å². The Morgan fingerprint density at radius 2 is 2.04 bits per heavy atom. The standard InChI is InChI=1S/C16H18BrF3N2O/c1-9-5-14(13(18)7-12(9)17)22(15(23)8-21)11(3)6-10(2)16(4,19)20/h5-7H,3,8,21H2,1-2,4H3/b10-6+. The quantitative estimate of drug-likeness (QED) is 0.761. The zero-order chi connectivity index (χ0) is 17.9. The third-order valence-electron chi connectivity index (χ3n) is 3.26. The third kappa shape index (κ3) is 4.68. The fourth-order valence-corrected chi connectivity index (χ4v) is 2.11. The van der Waals surface area contributed by atoms with Crippen molar-refractivity contribution in [1.29, 1.82) is 0 Å². The van der Waals surface area contributed by atoms with Crippen molar-refractivity contribution in [1.82, 2.24) is 0 Å². The SMILES string of the molecule is C=C(/C=C(\C)C(C)(F)F)N(C(=O)CN)c1cc(C)c(Br)cc1F. The lowest BCUT2D eigenvalue weighted by Crippen LogP contribution is -2.35. The molecule has 23 heavy (non-hydrogen) atoms. The van der Waals surface area contributed by atoms with Gasteiger partial charge in [0.1, 0.15) is 5.82 Å². The van der Waals surface area contributed by atoms with E-state index in [1.807, 2.05) is 0 Å². The number of carbonyl (C=O) groups excluding carboxylic acids is 1. The van der Waals surface area contributed by atoms with Gasteiger partial charge in [-0.25, -0.2) is 13.2 Å². The van der Waals surface area contributed by atoms with Crippen LogP contribution in [0.1, 0.15) is 19.4 Å². The first-order valence-corrected chi connectivity index (χ1v) is 7.52. The summed E-state index contributed by atoms with van der Waals surface area (Å²) in [5, 5.41) is 0. The summed E-state index contributed by atoms with van der Waals surface area (Å²) in [6.45, 7) is 6.84. The van der Waals surface area contributed by atoms with Crippen LogP contribution >= 0.6 is 15.9 Å². The molecule has 0 radical (unpaired) electrons. The number of alkyl halides is 2. The Morgan fingerprint density at radius 1 is 1.48 bits per heavy atom. The molecule has 126 valence electrons. The molecule has 1 rings (SSSR count). The lowest BCUT2D eigenvalue weighted by molar-refractivity contribution is -0.116. The number of anilines is 1. The van der Waals surface area contributed by atoms with Crippen LogP contribution in [0.4, 0.5) is 18.9 Å². The summed E-state index contributed by atoms with van der Waals surface area (Å²) in [4.78, 5) is 13.0. The van der Waals surface area contributed by atoms with Crippen molar-refractivity contribution in [2.45, 2.75) is 26.7 Å². The van der Waals surface area contributed by atoms with Crippen LogP contribution in [0.2, 0.25) is 0 Å². The number of benzene rings is 1. The van der Waals surface area contributed by atoms with Crippen molar-refractivity contribution >= 4 is 27.5 Å². The van der Waals surface area contributed by atoms with Gasteiger partial charge in [0.25, 0.3) is 5.92 Å². The Kier molecular flexibility index (Phi) is 6.18. The van der Waals surface area contributed by atoms with E-state index in [1.165, 1.54) is 19.1 Å². The van der Waals surface area contributed by atoms with Gasteiger partial charge in [-0.05, 0) is 43.2 Å². The van der Waals surface area contributed by atoms with E-state index in [0.717, 1.165) is 17.9 Å². The van der Waals surface area contributed by atoms with E-state index in [0.29, 0.717) is 10.0 Å². The first-order chi connectivity index (χ1) is 10.5. The Hall–Kier alpha value is -1.60. The molecule has 3 nitrogen and oxygen atoms in total. The third-order valence-corrected chi connectivity index (χ3v) is 4.11. The average molecular weight is 391 g/mol. The highest BCUT2D eigenvalue weighted by Crippen LogP contribution is 2.31. The number of amides is 1. The van der Waals surface area contributed by atoms with Crippen LogP contribution in [0.3, 0.4) is 0 Å². The maximum Gasteiger partial charge on any atom is 0.266 e. The Morgan fingerprint density at radius 3 is 2.52 bits per heavy atom. The normalized spacial score (nSPS) is 12.3. The van der Waals surface area contributed by atoms with Gasteiger partial charge >= 0.3 is 0 Å². The topological polar surface area (TPSA) is 46.3 Å². The largest absolute Gasteiger partial charge is 0.322 e. The molecule has 1 aromatic rings. The second-order valence-corrected chi connectivity index (χ2v) is 6.05. The predicted molar refractivity (Wildman–Crippen MR) is 88.9 cm³/mol. The van der Waals surface area contributed by atoms with Crippen molar-refractivity contribution in [3.05, 3.63) is 51.9 Å². The van der Waals surface area contributed by atoms with Gasteiger partial charge in [-0.2, -0.15) is 0 Å². The molecular weight excluding hydrogens is 373 g/mol. The van der Waals surface area contributed by atoms with Crippen LogP contribution in [0.15, 0.2) is 40.5 Å². The van der Waals surface area contributed by atoms with Crippen LogP contribution < -0.4 is 10.6 Å². The number of hydrogen-bond donors (Lipinski definition) is 1. The Balaban J connectivity index is 3.40. The van der Waals surface area contributed by atoms with Crippen LogP contribution in [-0.2, 0) is 4.79 Å². The van der Waals surface area contributed by atoms with E-state index in [4.69, 9.17) is 5.73 Å². The number of nitrogens with two attached hydrogens (primary N) is 1. The minimum Gasteiger partial charge on any atom is -0.322 e.